The number of rotatable bonds is 10. The van der Waals surface area contributed by atoms with Gasteiger partial charge in [-0.3, -0.25) is 34.3 Å². The van der Waals surface area contributed by atoms with Crippen LogP contribution in [-0.2, 0) is 15.0 Å². The van der Waals surface area contributed by atoms with Gasteiger partial charge in [-0.1, -0.05) is 29.4 Å². The lowest BCUT2D eigenvalue weighted by molar-refractivity contribution is -0.136. The van der Waals surface area contributed by atoms with Crippen LogP contribution in [-0.4, -0.2) is 76.3 Å². The predicted molar refractivity (Wildman–Crippen MR) is 205 cm³/mol. The number of hydrogen-bond donors (Lipinski definition) is 2. The topological polar surface area (TPSA) is 152 Å². The lowest BCUT2D eigenvalue weighted by atomic mass is 9.81. The molecule has 4 aromatic rings. The maximum Gasteiger partial charge on any atom is 0.262 e. The Bertz CT molecular complexity index is 2330. The van der Waals surface area contributed by atoms with E-state index in [2.05, 4.69) is 81.0 Å². The number of anilines is 3. The molecule has 4 heterocycles. The Hall–Kier alpha value is -5.87. The quantitative estimate of drug-likeness (QED) is 0.182. The van der Waals surface area contributed by atoms with Crippen LogP contribution in [0.1, 0.15) is 81.8 Å². The molecule has 9 rings (SSSR count). The molecule has 5 aliphatic rings. The van der Waals surface area contributed by atoms with Gasteiger partial charge in [0.1, 0.15) is 17.6 Å². The lowest BCUT2D eigenvalue weighted by Crippen LogP contribution is -2.60. The van der Waals surface area contributed by atoms with Crippen molar-refractivity contribution in [2.24, 2.45) is 5.92 Å². The molecule has 0 bridgehead atoms. The smallest absolute Gasteiger partial charge is 0.262 e. The Kier molecular flexibility index (Phi) is 8.57. The molecule has 1 atom stereocenters. The summed E-state index contributed by atoms with van der Waals surface area (Å²) in [4.78, 5) is 56.1. The van der Waals surface area contributed by atoms with Crippen LogP contribution in [0.4, 0.5) is 21.5 Å². The number of carbonyl (C=O) groups excluding carboxylic acids is 4. The molecule has 4 amide bonds. The molecule has 2 N–H and O–H groups in total. The fourth-order valence-electron chi connectivity index (χ4n) is 8.95. The summed E-state index contributed by atoms with van der Waals surface area (Å²) in [7, 11) is 0. The highest BCUT2D eigenvalue weighted by atomic mass is 19.1. The van der Waals surface area contributed by atoms with Gasteiger partial charge < -0.3 is 14.7 Å². The number of nitrogens with zero attached hydrogens (tertiary/aromatic N) is 5. The predicted octanol–water partition coefficient (Wildman–Crippen LogP) is 6.08. The molecule has 3 aromatic carbocycles. The molecule has 56 heavy (non-hydrogen) atoms. The van der Waals surface area contributed by atoms with E-state index in [-0.39, 0.29) is 41.1 Å². The molecule has 2 aliphatic carbocycles. The van der Waals surface area contributed by atoms with Gasteiger partial charge in [-0.25, -0.2) is 4.39 Å². The van der Waals surface area contributed by atoms with Crippen LogP contribution in [0.25, 0.3) is 11.1 Å². The van der Waals surface area contributed by atoms with E-state index < -0.39 is 35.5 Å². The number of fused-ring (bicyclic) bond motifs is 1. The summed E-state index contributed by atoms with van der Waals surface area (Å²) >= 11 is 0. The summed E-state index contributed by atoms with van der Waals surface area (Å²) < 4.78 is 20.8. The summed E-state index contributed by atoms with van der Waals surface area (Å²) in [5.41, 5.74) is 7.08. The van der Waals surface area contributed by atoms with E-state index in [0.29, 0.717) is 12.0 Å². The normalized spacial score (nSPS) is 22.9. The van der Waals surface area contributed by atoms with E-state index in [0.717, 1.165) is 101 Å². The molecule has 3 aliphatic heterocycles. The van der Waals surface area contributed by atoms with Gasteiger partial charge in [-0.2, -0.15) is 5.26 Å². The maximum atomic E-state index is 15.3. The maximum absolute atomic E-state index is 15.3. The van der Waals surface area contributed by atoms with Gasteiger partial charge in [0.05, 0.1) is 34.0 Å². The molecule has 12 nitrogen and oxygen atoms in total. The number of aryl methyl sites for hydroxylation is 3. The Balaban J connectivity index is 0.861. The van der Waals surface area contributed by atoms with Crippen molar-refractivity contribution in [3.8, 4) is 17.2 Å². The molecule has 4 fully saturated rings. The Morgan fingerprint density at radius 3 is 2.36 bits per heavy atom. The lowest BCUT2D eigenvalue weighted by Gasteiger charge is -2.52. The van der Waals surface area contributed by atoms with Crippen LogP contribution in [0.2, 0.25) is 0 Å². The Labute approximate surface area is 323 Å². The largest absolute Gasteiger partial charge is 0.380 e. The van der Waals surface area contributed by atoms with E-state index in [9.17, 15) is 24.4 Å². The SMILES string of the molecule is Cc1ccc(-c2c(C)noc2C)cc1N(CC1CN(C2CC(Nc3cc4c(cc3F)C(=O)N([C@H]3CCC(=O)NC3=O)C4=O)C2)C1)c1ccc(C2(C#N)CC2)cc1. The monoisotopic (exact) mass is 755 g/mol. The highest BCUT2D eigenvalue weighted by Crippen LogP contribution is 2.48. The van der Waals surface area contributed by atoms with Gasteiger partial charge in [-0.05, 0) is 99.9 Å². The van der Waals surface area contributed by atoms with E-state index in [4.69, 9.17) is 4.52 Å². The standard InChI is InChI=1S/C43H42FN7O5/c1-23-4-5-27(39-24(2)48-56-25(39)3)14-37(23)50(30-8-6-28(7-9-30)43(22-45)12-13-43)21-26-19-49(20-26)31-15-29(16-31)46-35-18-33-32(17-34(35)44)41(54)51(42(33)55)36-10-11-38(52)47-40(36)53/h4-9,14,17-18,26,29,31,36,46H,10-13,15-16,19-21H2,1-3H3,(H,47,52,53)/t29?,31?,36-/m0/s1. The fraction of sp³-hybridized carbons (Fsp3) is 0.395. The molecule has 0 radical (unpaired) electrons. The van der Waals surface area contributed by atoms with Crippen molar-refractivity contribution in [3.05, 3.63) is 94.1 Å². The zero-order chi connectivity index (χ0) is 39.0. The average Bonchev–Trinajstić information content (AvgIpc) is 3.83. The van der Waals surface area contributed by atoms with Crippen LogP contribution in [0.3, 0.4) is 0 Å². The number of hydrogen-bond acceptors (Lipinski definition) is 10. The number of piperidine rings is 1. The number of carbonyl (C=O) groups is 4. The highest BCUT2D eigenvalue weighted by molar-refractivity contribution is 6.23. The molecular weight excluding hydrogens is 714 g/mol. The van der Waals surface area contributed by atoms with Crippen LogP contribution < -0.4 is 15.5 Å². The van der Waals surface area contributed by atoms with Gasteiger partial charge >= 0.3 is 0 Å². The zero-order valence-corrected chi connectivity index (χ0v) is 31.5. The number of likely N-dealkylation sites (tertiary alicyclic amines) is 1. The van der Waals surface area contributed by atoms with Gasteiger partial charge in [0.2, 0.25) is 11.8 Å². The number of aromatic nitrogens is 1. The number of benzene rings is 3. The van der Waals surface area contributed by atoms with Gasteiger partial charge in [0.15, 0.2) is 0 Å². The number of nitrogens with one attached hydrogen (secondary N) is 2. The summed E-state index contributed by atoms with van der Waals surface area (Å²) in [6.45, 7) is 8.67. The first-order valence-electron chi connectivity index (χ1n) is 19.3. The van der Waals surface area contributed by atoms with Gasteiger partial charge in [0.25, 0.3) is 11.8 Å². The van der Waals surface area contributed by atoms with Crippen molar-refractivity contribution in [1.82, 2.24) is 20.3 Å². The molecule has 0 spiro atoms. The minimum absolute atomic E-state index is 0.00190. The van der Waals surface area contributed by atoms with Crippen LogP contribution >= 0.6 is 0 Å². The summed E-state index contributed by atoms with van der Waals surface area (Å²) in [5.74, 6) is -2.00. The van der Waals surface area contributed by atoms with E-state index >= 15 is 4.39 Å². The van der Waals surface area contributed by atoms with Gasteiger partial charge in [-0.15, -0.1) is 0 Å². The van der Waals surface area contributed by atoms with Crippen molar-refractivity contribution in [2.45, 2.75) is 82.8 Å². The second kappa shape index (κ2) is 13.4. The van der Waals surface area contributed by atoms with E-state index in [1.165, 1.54) is 6.07 Å². The molecule has 0 unspecified atom stereocenters. The third-order valence-electron chi connectivity index (χ3n) is 12.5. The molecule has 13 heteroatoms. The van der Waals surface area contributed by atoms with Crippen LogP contribution in [0, 0.1) is 43.8 Å². The van der Waals surface area contributed by atoms with Crippen molar-refractivity contribution < 1.29 is 28.1 Å². The number of nitriles is 1. The first kappa shape index (κ1) is 35.8. The summed E-state index contributed by atoms with van der Waals surface area (Å²) in [6.07, 6.45) is 3.46. The van der Waals surface area contributed by atoms with Gasteiger partial charge in [0, 0.05) is 61.0 Å². The van der Waals surface area contributed by atoms with Crippen LogP contribution in [0.5, 0.6) is 0 Å². The molecule has 2 saturated carbocycles. The first-order valence-corrected chi connectivity index (χ1v) is 19.3. The molecule has 2 saturated heterocycles. The number of amides is 4. The molecular formula is C43H42FN7O5. The van der Waals surface area contributed by atoms with E-state index in [1.807, 2.05) is 13.8 Å². The fourth-order valence-corrected chi connectivity index (χ4v) is 8.95. The number of imide groups is 2. The minimum Gasteiger partial charge on any atom is -0.380 e. The van der Waals surface area contributed by atoms with Crippen molar-refractivity contribution in [1.29, 1.82) is 5.26 Å². The first-order chi connectivity index (χ1) is 26.9. The van der Waals surface area contributed by atoms with E-state index in [1.54, 1.807) is 0 Å². The van der Waals surface area contributed by atoms with Crippen LogP contribution in [0.15, 0.2) is 59.1 Å². The zero-order valence-electron chi connectivity index (χ0n) is 31.5. The van der Waals surface area contributed by atoms with Crippen molar-refractivity contribution >= 4 is 40.7 Å². The van der Waals surface area contributed by atoms with Crippen molar-refractivity contribution in [3.63, 3.8) is 0 Å². The average molecular weight is 756 g/mol. The second-order valence-corrected chi connectivity index (χ2v) is 16.2. The Morgan fingerprint density at radius 1 is 1.00 bits per heavy atom. The molecule has 286 valence electrons. The third kappa shape index (κ3) is 6.03. The minimum atomic E-state index is -1.11. The second-order valence-electron chi connectivity index (χ2n) is 16.2. The summed E-state index contributed by atoms with van der Waals surface area (Å²) in [5, 5.41) is 19.4. The Morgan fingerprint density at radius 2 is 1.71 bits per heavy atom. The molecule has 1 aromatic heterocycles. The van der Waals surface area contributed by atoms with Crippen molar-refractivity contribution in [2.75, 3.05) is 29.9 Å². The summed E-state index contributed by atoms with van der Waals surface area (Å²) in [6, 6.07) is 19.2. The highest BCUT2D eigenvalue weighted by Gasteiger charge is 2.47. The third-order valence-corrected chi connectivity index (χ3v) is 12.5. The number of halogens is 1.